The molecule has 0 saturated heterocycles. The Morgan fingerprint density at radius 3 is 2.79 bits per heavy atom. The molecule has 0 aliphatic rings. The number of hydrogen-bond donors (Lipinski definition) is 0. The van der Waals surface area contributed by atoms with Gasteiger partial charge >= 0.3 is 0 Å². The molecular weight excluding hydrogens is 286 g/mol. The van der Waals surface area contributed by atoms with Crippen LogP contribution in [0.2, 0.25) is 5.15 Å². The molecule has 2 rings (SSSR count). The van der Waals surface area contributed by atoms with Gasteiger partial charge in [-0.15, -0.1) is 11.3 Å². The summed E-state index contributed by atoms with van der Waals surface area (Å²) in [6.07, 6.45) is 1.72. The zero-order chi connectivity index (χ0) is 10.1. The molecule has 0 N–H and O–H groups in total. The van der Waals surface area contributed by atoms with E-state index in [1.165, 1.54) is 11.3 Å². The molecule has 3 nitrogen and oxygen atoms in total. The average Bonchev–Trinajstić information content (AvgIpc) is 2.66. The monoisotopic (exact) mass is 289 g/mol. The largest absolute Gasteiger partial charge is 0.241 e. The molecule has 0 unspecified atom stereocenters. The molecule has 0 aliphatic carbocycles. The SMILES string of the molecule is Cc1nc(-c2nccs2)nc(Cl)c1Br. The van der Waals surface area contributed by atoms with Crippen LogP contribution in [0, 0.1) is 6.92 Å². The van der Waals surface area contributed by atoms with Crippen LogP contribution in [0.4, 0.5) is 0 Å². The zero-order valence-corrected chi connectivity index (χ0v) is 10.3. The van der Waals surface area contributed by atoms with Crippen molar-refractivity contribution in [3.63, 3.8) is 0 Å². The van der Waals surface area contributed by atoms with Gasteiger partial charge in [-0.05, 0) is 22.9 Å². The van der Waals surface area contributed by atoms with Crippen LogP contribution in [-0.2, 0) is 0 Å². The highest BCUT2D eigenvalue weighted by atomic mass is 79.9. The van der Waals surface area contributed by atoms with Gasteiger partial charge in [0.2, 0.25) is 0 Å². The molecule has 0 saturated carbocycles. The van der Waals surface area contributed by atoms with Gasteiger partial charge in [0.25, 0.3) is 0 Å². The average molecular weight is 291 g/mol. The van der Waals surface area contributed by atoms with Crippen LogP contribution >= 0.6 is 38.9 Å². The molecule has 2 aromatic rings. The molecule has 0 amide bonds. The van der Waals surface area contributed by atoms with Crippen LogP contribution in [0.5, 0.6) is 0 Å². The number of aromatic nitrogens is 3. The molecule has 0 radical (unpaired) electrons. The molecule has 2 aromatic heterocycles. The lowest BCUT2D eigenvalue weighted by atomic mass is 10.4. The van der Waals surface area contributed by atoms with Crippen LogP contribution in [0.25, 0.3) is 10.8 Å². The number of aryl methyl sites for hydroxylation is 1. The summed E-state index contributed by atoms with van der Waals surface area (Å²) in [5.74, 6) is 0.575. The summed E-state index contributed by atoms with van der Waals surface area (Å²) < 4.78 is 0.736. The third-order valence-electron chi connectivity index (χ3n) is 1.60. The number of hydrogen-bond acceptors (Lipinski definition) is 4. The molecule has 0 atom stereocenters. The highest BCUT2D eigenvalue weighted by molar-refractivity contribution is 9.10. The van der Waals surface area contributed by atoms with Gasteiger partial charge in [-0.3, -0.25) is 0 Å². The summed E-state index contributed by atoms with van der Waals surface area (Å²) in [6.45, 7) is 1.87. The molecule has 0 aromatic carbocycles. The van der Waals surface area contributed by atoms with E-state index in [1.54, 1.807) is 6.20 Å². The van der Waals surface area contributed by atoms with E-state index < -0.39 is 0 Å². The standard InChI is InChI=1S/C8H5BrClN3S/c1-4-5(9)6(10)13-7(12-4)8-11-2-3-14-8/h2-3H,1H3. The van der Waals surface area contributed by atoms with Crippen LogP contribution in [-0.4, -0.2) is 15.0 Å². The van der Waals surface area contributed by atoms with Gasteiger partial charge in [0.15, 0.2) is 10.8 Å². The van der Waals surface area contributed by atoms with Crippen molar-refractivity contribution >= 4 is 38.9 Å². The second-order valence-electron chi connectivity index (χ2n) is 2.57. The fourth-order valence-corrected chi connectivity index (χ4v) is 1.92. The second kappa shape index (κ2) is 3.92. The van der Waals surface area contributed by atoms with Crippen molar-refractivity contribution in [2.45, 2.75) is 6.92 Å². The van der Waals surface area contributed by atoms with E-state index in [2.05, 4.69) is 30.9 Å². The maximum absolute atomic E-state index is 5.91. The van der Waals surface area contributed by atoms with E-state index in [-0.39, 0.29) is 0 Å². The van der Waals surface area contributed by atoms with Crippen LogP contribution in [0.1, 0.15) is 5.69 Å². The van der Waals surface area contributed by atoms with Crippen molar-refractivity contribution in [3.05, 3.63) is 26.9 Å². The van der Waals surface area contributed by atoms with Gasteiger partial charge in [-0.1, -0.05) is 11.6 Å². The number of halogens is 2. The van der Waals surface area contributed by atoms with E-state index in [0.717, 1.165) is 15.2 Å². The molecule has 2 heterocycles. The number of nitrogens with zero attached hydrogens (tertiary/aromatic N) is 3. The molecule has 0 spiro atoms. The fourth-order valence-electron chi connectivity index (χ4n) is 0.954. The Morgan fingerprint density at radius 2 is 2.21 bits per heavy atom. The fraction of sp³-hybridized carbons (Fsp3) is 0.125. The Kier molecular flexibility index (Phi) is 2.80. The van der Waals surface area contributed by atoms with Crippen LogP contribution in [0.15, 0.2) is 16.0 Å². The molecular formula is C8H5BrClN3S. The first-order chi connectivity index (χ1) is 6.68. The first-order valence-corrected chi connectivity index (χ1v) is 5.83. The van der Waals surface area contributed by atoms with Gasteiger partial charge in [0.05, 0.1) is 10.2 Å². The lowest BCUT2D eigenvalue weighted by Gasteiger charge is -2.01. The van der Waals surface area contributed by atoms with Crippen molar-refractivity contribution in [1.29, 1.82) is 0 Å². The Balaban J connectivity index is 2.57. The molecule has 72 valence electrons. The third-order valence-corrected chi connectivity index (χ3v) is 3.82. The van der Waals surface area contributed by atoms with Gasteiger partial charge in [-0.25, -0.2) is 15.0 Å². The Hall–Kier alpha value is -0.520. The van der Waals surface area contributed by atoms with E-state index in [0.29, 0.717) is 11.0 Å². The lowest BCUT2D eigenvalue weighted by Crippen LogP contribution is -1.93. The molecule has 6 heteroatoms. The summed E-state index contributed by atoms with van der Waals surface area (Å²) in [4.78, 5) is 12.5. The van der Waals surface area contributed by atoms with Crippen molar-refractivity contribution < 1.29 is 0 Å². The lowest BCUT2D eigenvalue weighted by molar-refractivity contribution is 1.09. The Morgan fingerprint density at radius 1 is 1.43 bits per heavy atom. The second-order valence-corrected chi connectivity index (χ2v) is 4.62. The maximum atomic E-state index is 5.91. The highest BCUT2D eigenvalue weighted by Crippen LogP contribution is 2.26. The minimum absolute atomic E-state index is 0.419. The first kappa shape index (κ1) is 10.0. The van der Waals surface area contributed by atoms with Crippen molar-refractivity contribution in [2.75, 3.05) is 0 Å². The van der Waals surface area contributed by atoms with E-state index >= 15 is 0 Å². The zero-order valence-electron chi connectivity index (χ0n) is 7.16. The van der Waals surface area contributed by atoms with Crippen LogP contribution in [0.3, 0.4) is 0 Å². The normalized spacial score (nSPS) is 10.5. The van der Waals surface area contributed by atoms with E-state index in [4.69, 9.17) is 11.6 Å². The minimum atomic E-state index is 0.419. The minimum Gasteiger partial charge on any atom is -0.241 e. The summed E-state index contributed by atoms with van der Waals surface area (Å²) in [5.41, 5.74) is 0.815. The van der Waals surface area contributed by atoms with Crippen molar-refractivity contribution in [2.24, 2.45) is 0 Å². The van der Waals surface area contributed by atoms with Crippen molar-refractivity contribution in [3.8, 4) is 10.8 Å². The predicted octanol–water partition coefficient (Wildman–Crippen LogP) is 3.32. The molecule has 14 heavy (non-hydrogen) atoms. The highest BCUT2D eigenvalue weighted by Gasteiger charge is 2.10. The van der Waals surface area contributed by atoms with Crippen molar-refractivity contribution in [1.82, 2.24) is 15.0 Å². The summed E-state index contributed by atoms with van der Waals surface area (Å²) in [7, 11) is 0. The topological polar surface area (TPSA) is 38.7 Å². The van der Waals surface area contributed by atoms with E-state index in [9.17, 15) is 0 Å². The Labute approximate surface area is 98.3 Å². The first-order valence-electron chi connectivity index (χ1n) is 3.78. The summed E-state index contributed by atoms with van der Waals surface area (Å²) >= 11 is 10.7. The quantitative estimate of drug-likeness (QED) is 0.756. The third kappa shape index (κ3) is 1.80. The molecule has 0 bridgehead atoms. The van der Waals surface area contributed by atoms with Gasteiger partial charge < -0.3 is 0 Å². The van der Waals surface area contributed by atoms with E-state index in [1.807, 2.05) is 12.3 Å². The molecule has 0 aliphatic heterocycles. The number of thiazole rings is 1. The molecule has 0 fully saturated rings. The Bertz CT molecular complexity index is 435. The maximum Gasteiger partial charge on any atom is 0.190 e. The van der Waals surface area contributed by atoms with Crippen LogP contribution < -0.4 is 0 Å². The number of rotatable bonds is 1. The smallest absolute Gasteiger partial charge is 0.190 e. The summed E-state index contributed by atoms with van der Waals surface area (Å²) in [5, 5.41) is 3.08. The van der Waals surface area contributed by atoms with Gasteiger partial charge in [0, 0.05) is 11.6 Å². The predicted molar refractivity (Wildman–Crippen MR) is 60.6 cm³/mol. The summed E-state index contributed by atoms with van der Waals surface area (Å²) in [6, 6.07) is 0. The van der Waals surface area contributed by atoms with Gasteiger partial charge in [0.1, 0.15) is 5.15 Å². The van der Waals surface area contributed by atoms with Gasteiger partial charge in [-0.2, -0.15) is 0 Å².